The molecule has 0 aliphatic heterocycles. The predicted octanol–water partition coefficient (Wildman–Crippen LogP) is 0.689. The molecule has 0 aliphatic rings. The lowest BCUT2D eigenvalue weighted by Crippen LogP contribution is -2.35. The zero-order valence-corrected chi connectivity index (χ0v) is 10.1. The zero-order valence-electron chi connectivity index (χ0n) is 9.29. The summed E-state index contributed by atoms with van der Waals surface area (Å²) < 4.78 is 25.6. The van der Waals surface area contributed by atoms with Gasteiger partial charge in [0, 0.05) is 6.04 Å². The molecule has 5 heteroatoms. The van der Waals surface area contributed by atoms with Gasteiger partial charge in [0.2, 0.25) is 10.0 Å². The van der Waals surface area contributed by atoms with Crippen molar-refractivity contribution >= 4 is 10.0 Å². The van der Waals surface area contributed by atoms with Crippen molar-refractivity contribution < 1.29 is 8.42 Å². The lowest BCUT2D eigenvalue weighted by atomic mass is 10.2. The van der Waals surface area contributed by atoms with Gasteiger partial charge in [-0.25, -0.2) is 13.1 Å². The third-order valence-corrected chi connectivity index (χ3v) is 3.64. The number of hydrogen-bond acceptors (Lipinski definition) is 3. The van der Waals surface area contributed by atoms with Crippen LogP contribution in [0.2, 0.25) is 0 Å². The van der Waals surface area contributed by atoms with Crippen LogP contribution >= 0.6 is 0 Å². The first-order valence-electron chi connectivity index (χ1n) is 5.07. The highest BCUT2D eigenvalue weighted by molar-refractivity contribution is 7.89. The molecule has 4 nitrogen and oxygen atoms in total. The van der Waals surface area contributed by atoms with Crippen molar-refractivity contribution in [2.75, 3.05) is 12.3 Å². The van der Waals surface area contributed by atoms with E-state index < -0.39 is 10.0 Å². The first-order chi connectivity index (χ1) is 6.37. The lowest BCUT2D eigenvalue weighted by molar-refractivity contribution is 0.530. The van der Waals surface area contributed by atoms with Gasteiger partial charge in [0.1, 0.15) is 0 Å². The van der Waals surface area contributed by atoms with E-state index in [9.17, 15) is 8.42 Å². The number of rotatable bonds is 7. The molecule has 3 N–H and O–H groups in total. The molecule has 0 aromatic heterocycles. The van der Waals surface area contributed by atoms with Crippen molar-refractivity contribution in [1.82, 2.24) is 4.72 Å². The van der Waals surface area contributed by atoms with Crippen LogP contribution in [0.4, 0.5) is 0 Å². The third kappa shape index (κ3) is 7.29. The molecule has 0 radical (unpaired) electrons. The Hall–Kier alpha value is -0.130. The Labute approximate surface area is 87.3 Å². The maximum atomic E-state index is 11.5. The van der Waals surface area contributed by atoms with E-state index in [2.05, 4.69) is 4.72 Å². The highest BCUT2D eigenvalue weighted by atomic mass is 32.2. The van der Waals surface area contributed by atoms with Crippen molar-refractivity contribution in [3.63, 3.8) is 0 Å². The molecule has 14 heavy (non-hydrogen) atoms. The zero-order chi connectivity index (χ0) is 11.2. The second-order valence-corrected chi connectivity index (χ2v) is 5.92. The molecule has 0 heterocycles. The minimum atomic E-state index is -3.10. The van der Waals surface area contributed by atoms with Gasteiger partial charge in [-0.3, -0.25) is 0 Å². The van der Waals surface area contributed by atoms with Crippen LogP contribution in [0.3, 0.4) is 0 Å². The Bertz CT molecular complexity index is 237. The summed E-state index contributed by atoms with van der Waals surface area (Å²) in [6.45, 7) is 6.26. The maximum Gasteiger partial charge on any atom is 0.212 e. The fraction of sp³-hybridized carbons (Fsp3) is 1.00. The van der Waals surface area contributed by atoms with E-state index in [0.29, 0.717) is 6.54 Å². The van der Waals surface area contributed by atoms with Gasteiger partial charge in [0.25, 0.3) is 0 Å². The summed E-state index contributed by atoms with van der Waals surface area (Å²) in [5, 5.41) is 0. The molecule has 1 unspecified atom stereocenters. The van der Waals surface area contributed by atoms with Gasteiger partial charge in [0.05, 0.1) is 5.75 Å². The van der Waals surface area contributed by atoms with Crippen LogP contribution in [0, 0.1) is 5.92 Å². The summed E-state index contributed by atoms with van der Waals surface area (Å²) in [6, 6.07) is -0.0118. The molecule has 0 rings (SSSR count). The monoisotopic (exact) mass is 222 g/mol. The number of hydrogen-bond donors (Lipinski definition) is 2. The predicted molar refractivity (Wildman–Crippen MR) is 59.5 cm³/mol. The largest absolute Gasteiger partial charge is 0.330 e. The van der Waals surface area contributed by atoms with Crippen LogP contribution < -0.4 is 10.5 Å². The Balaban J connectivity index is 3.96. The number of nitrogens with one attached hydrogen (secondary N) is 1. The van der Waals surface area contributed by atoms with Crippen LogP contribution in [0.1, 0.15) is 33.6 Å². The molecule has 0 amide bonds. The van der Waals surface area contributed by atoms with E-state index >= 15 is 0 Å². The fourth-order valence-corrected chi connectivity index (χ4v) is 2.98. The quantitative estimate of drug-likeness (QED) is 0.665. The van der Waals surface area contributed by atoms with Crippen molar-refractivity contribution in [3.8, 4) is 0 Å². The summed E-state index contributed by atoms with van der Waals surface area (Å²) in [7, 11) is -3.10. The molecule has 0 bridgehead atoms. The van der Waals surface area contributed by atoms with Gasteiger partial charge in [0.15, 0.2) is 0 Å². The summed E-state index contributed by atoms with van der Waals surface area (Å²) in [5.41, 5.74) is 5.34. The average molecular weight is 222 g/mol. The molecule has 0 aromatic rings. The molecule has 0 spiro atoms. The first-order valence-corrected chi connectivity index (χ1v) is 6.72. The highest BCUT2D eigenvalue weighted by Gasteiger charge is 2.15. The lowest BCUT2D eigenvalue weighted by Gasteiger charge is -2.14. The van der Waals surface area contributed by atoms with Crippen LogP contribution in [-0.4, -0.2) is 26.8 Å². The minimum absolute atomic E-state index is 0.0118. The summed E-state index contributed by atoms with van der Waals surface area (Å²) in [4.78, 5) is 0. The molecule has 0 aromatic carbocycles. The van der Waals surface area contributed by atoms with Crippen LogP contribution in [0.15, 0.2) is 0 Å². The van der Waals surface area contributed by atoms with Crippen LogP contribution in [0.5, 0.6) is 0 Å². The van der Waals surface area contributed by atoms with E-state index in [0.717, 1.165) is 12.8 Å². The topological polar surface area (TPSA) is 72.2 Å². The molecular formula is C9H22N2O2S. The van der Waals surface area contributed by atoms with Crippen LogP contribution in [-0.2, 0) is 10.0 Å². The second kappa shape index (κ2) is 6.37. The van der Waals surface area contributed by atoms with Gasteiger partial charge in [-0.05, 0) is 32.2 Å². The van der Waals surface area contributed by atoms with E-state index in [1.165, 1.54) is 0 Å². The fourth-order valence-electron chi connectivity index (χ4n) is 1.28. The second-order valence-electron chi connectivity index (χ2n) is 4.13. The van der Waals surface area contributed by atoms with Gasteiger partial charge in [-0.2, -0.15) is 0 Å². The normalized spacial score (nSPS) is 14.6. The molecular weight excluding hydrogens is 200 g/mol. The summed E-state index contributed by atoms with van der Waals surface area (Å²) >= 11 is 0. The molecule has 0 saturated heterocycles. The smallest absolute Gasteiger partial charge is 0.212 e. The van der Waals surface area contributed by atoms with E-state index in [1.54, 1.807) is 0 Å². The SMILES string of the molecule is CC(C)CS(=O)(=O)NC(C)CCCN. The molecule has 0 aliphatic carbocycles. The van der Waals surface area contributed by atoms with Crippen LogP contribution in [0.25, 0.3) is 0 Å². The van der Waals surface area contributed by atoms with Gasteiger partial charge >= 0.3 is 0 Å². The van der Waals surface area contributed by atoms with Gasteiger partial charge in [-0.15, -0.1) is 0 Å². The molecule has 86 valence electrons. The number of sulfonamides is 1. The van der Waals surface area contributed by atoms with E-state index in [-0.39, 0.29) is 17.7 Å². The summed E-state index contributed by atoms with van der Waals surface area (Å²) in [6.07, 6.45) is 1.65. The minimum Gasteiger partial charge on any atom is -0.330 e. The van der Waals surface area contributed by atoms with Crippen molar-refractivity contribution in [2.45, 2.75) is 39.7 Å². The number of nitrogens with two attached hydrogens (primary N) is 1. The van der Waals surface area contributed by atoms with Crippen molar-refractivity contribution in [2.24, 2.45) is 11.7 Å². The standard InChI is InChI=1S/C9H22N2O2S/c1-8(2)7-14(12,13)11-9(3)5-4-6-10/h8-9,11H,4-7,10H2,1-3H3. The van der Waals surface area contributed by atoms with Gasteiger partial charge < -0.3 is 5.73 Å². The molecule has 1 atom stereocenters. The summed E-state index contributed by atoms with van der Waals surface area (Å²) in [5.74, 6) is 0.356. The Morgan fingerprint density at radius 3 is 2.29 bits per heavy atom. The Morgan fingerprint density at radius 2 is 1.86 bits per heavy atom. The Kier molecular flexibility index (Phi) is 6.31. The molecule has 0 saturated carbocycles. The van der Waals surface area contributed by atoms with Crippen molar-refractivity contribution in [3.05, 3.63) is 0 Å². The maximum absolute atomic E-state index is 11.5. The Morgan fingerprint density at radius 1 is 1.29 bits per heavy atom. The highest BCUT2D eigenvalue weighted by Crippen LogP contribution is 2.01. The van der Waals surface area contributed by atoms with Crippen molar-refractivity contribution in [1.29, 1.82) is 0 Å². The van der Waals surface area contributed by atoms with Gasteiger partial charge in [-0.1, -0.05) is 13.8 Å². The molecule has 0 fully saturated rings. The van der Waals surface area contributed by atoms with E-state index in [1.807, 2.05) is 20.8 Å². The average Bonchev–Trinajstić information content (AvgIpc) is 1.96. The third-order valence-electron chi connectivity index (χ3n) is 1.77. The van der Waals surface area contributed by atoms with E-state index in [4.69, 9.17) is 5.73 Å². The first kappa shape index (κ1) is 13.9.